The fourth-order valence-corrected chi connectivity index (χ4v) is 2.88. The highest BCUT2D eigenvalue weighted by molar-refractivity contribution is 5.97. The van der Waals surface area contributed by atoms with E-state index >= 15 is 0 Å². The van der Waals surface area contributed by atoms with E-state index in [0.29, 0.717) is 11.5 Å². The van der Waals surface area contributed by atoms with Crippen LogP contribution in [-0.4, -0.2) is 30.9 Å². The molecule has 0 atom stereocenters. The summed E-state index contributed by atoms with van der Waals surface area (Å²) in [5.74, 6) is 0.658. The van der Waals surface area contributed by atoms with E-state index < -0.39 is 5.91 Å². The van der Waals surface area contributed by atoms with Crippen molar-refractivity contribution in [3.63, 3.8) is 0 Å². The van der Waals surface area contributed by atoms with E-state index in [1.807, 2.05) is 0 Å². The number of nitrogens with zero attached hydrogens (tertiary/aromatic N) is 1. The largest absolute Gasteiger partial charge is 0.454 e. The van der Waals surface area contributed by atoms with E-state index in [9.17, 15) is 9.59 Å². The molecule has 0 saturated heterocycles. The highest BCUT2D eigenvalue weighted by Crippen LogP contribution is 2.31. The molecule has 1 saturated carbocycles. The van der Waals surface area contributed by atoms with Gasteiger partial charge in [-0.15, -0.1) is 0 Å². The molecule has 1 heterocycles. The molecule has 0 radical (unpaired) electrons. The minimum atomic E-state index is -0.430. The van der Waals surface area contributed by atoms with Crippen molar-refractivity contribution < 1.29 is 19.1 Å². The van der Waals surface area contributed by atoms with Crippen molar-refractivity contribution >= 4 is 18.0 Å². The summed E-state index contributed by atoms with van der Waals surface area (Å²) in [6.45, 7) is 0.211. The first-order valence-electron chi connectivity index (χ1n) is 8.21. The van der Waals surface area contributed by atoms with Crippen LogP contribution in [0.1, 0.15) is 44.1 Å². The van der Waals surface area contributed by atoms with Crippen molar-refractivity contribution in [2.45, 2.75) is 44.6 Å². The first-order valence-corrected chi connectivity index (χ1v) is 8.21. The molecule has 1 aromatic carbocycles. The van der Waals surface area contributed by atoms with Gasteiger partial charge in [-0.05, 0) is 36.6 Å². The van der Waals surface area contributed by atoms with Crippen LogP contribution >= 0.6 is 0 Å². The molecule has 0 spiro atoms. The van der Waals surface area contributed by atoms with E-state index in [4.69, 9.17) is 9.47 Å². The number of hydrogen-bond acceptors (Lipinski definition) is 5. The van der Waals surface area contributed by atoms with Crippen LogP contribution in [0, 0.1) is 0 Å². The number of benzene rings is 1. The third-order valence-corrected chi connectivity index (χ3v) is 4.09. The Balaban J connectivity index is 1.42. The molecule has 7 heteroatoms. The Morgan fingerprint density at radius 1 is 1.12 bits per heavy atom. The van der Waals surface area contributed by atoms with Crippen LogP contribution in [0.3, 0.4) is 0 Å². The van der Waals surface area contributed by atoms with Crippen LogP contribution in [-0.2, 0) is 9.59 Å². The maximum absolute atomic E-state index is 11.8. The lowest BCUT2D eigenvalue weighted by Gasteiger charge is -2.22. The lowest BCUT2D eigenvalue weighted by molar-refractivity contribution is -0.129. The van der Waals surface area contributed by atoms with Gasteiger partial charge in [0.1, 0.15) is 6.42 Å². The Morgan fingerprint density at radius 3 is 2.75 bits per heavy atom. The second kappa shape index (κ2) is 7.81. The highest BCUT2D eigenvalue weighted by Gasteiger charge is 2.17. The molecule has 2 aliphatic rings. The third-order valence-electron chi connectivity index (χ3n) is 4.09. The number of hydrogen-bond donors (Lipinski definition) is 2. The van der Waals surface area contributed by atoms with Crippen molar-refractivity contribution in [1.29, 1.82) is 0 Å². The van der Waals surface area contributed by atoms with Crippen LogP contribution in [0.15, 0.2) is 23.3 Å². The molecule has 128 valence electrons. The Bertz CT molecular complexity index is 639. The molecule has 0 bridgehead atoms. The van der Waals surface area contributed by atoms with Crippen molar-refractivity contribution in [3.05, 3.63) is 23.8 Å². The number of nitrogens with one attached hydrogen (secondary N) is 2. The molecule has 2 amide bonds. The van der Waals surface area contributed by atoms with Crippen LogP contribution in [0.4, 0.5) is 0 Å². The Hall–Kier alpha value is -2.57. The number of ether oxygens (including phenoxy) is 2. The maximum atomic E-state index is 11.8. The average Bonchev–Trinajstić information content (AvgIpc) is 3.03. The number of carbonyl (C=O) groups is 2. The van der Waals surface area contributed by atoms with Crippen molar-refractivity contribution in [2.75, 3.05) is 6.79 Å². The summed E-state index contributed by atoms with van der Waals surface area (Å²) in [6, 6.07) is 5.56. The molecule has 3 rings (SSSR count). The van der Waals surface area contributed by atoms with Gasteiger partial charge < -0.3 is 14.8 Å². The number of hydrazone groups is 1. The Morgan fingerprint density at radius 2 is 1.92 bits per heavy atom. The standard InChI is InChI=1S/C17H21N3O4/c21-16(19-13-4-2-1-3-5-13)9-17(22)20-18-10-12-6-7-14-15(8-12)24-11-23-14/h6-8,10,13H,1-5,9,11H2,(H,19,21)(H,20,22)/b18-10+. The second-order valence-corrected chi connectivity index (χ2v) is 5.99. The lowest BCUT2D eigenvalue weighted by atomic mass is 9.95. The predicted molar refractivity (Wildman–Crippen MR) is 87.9 cm³/mol. The summed E-state index contributed by atoms with van der Waals surface area (Å²) >= 11 is 0. The normalized spacial score (nSPS) is 17.0. The molecule has 24 heavy (non-hydrogen) atoms. The smallest absolute Gasteiger partial charge is 0.249 e. The van der Waals surface area contributed by atoms with E-state index in [0.717, 1.165) is 31.2 Å². The van der Waals surface area contributed by atoms with E-state index in [1.165, 1.54) is 12.6 Å². The van der Waals surface area contributed by atoms with Gasteiger partial charge in [-0.25, -0.2) is 5.43 Å². The van der Waals surface area contributed by atoms with E-state index in [2.05, 4.69) is 15.8 Å². The number of amides is 2. The maximum Gasteiger partial charge on any atom is 0.249 e. The van der Waals surface area contributed by atoms with Crippen LogP contribution in [0.2, 0.25) is 0 Å². The molecular weight excluding hydrogens is 310 g/mol. The summed E-state index contributed by atoms with van der Waals surface area (Å²) in [5.41, 5.74) is 3.13. The van der Waals surface area contributed by atoms with Crippen LogP contribution in [0.25, 0.3) is 0 Å². The number of rotatable bonds is 5. The molecule has 0 aromatic heterocycles. The van der Waals surface area contributed by atoms with E-state index in [-0.39, 0.29) is 25.2 Å². The summed E-state index contributed by atoms with van der Waals surface area (Å²) in [5, 5.41) is 6.77. The fourth-order valence-electron chi connectivity index (χ4n) is 2.88. The zero-order valence-electron chi connectivity index (χ0n) is 13.4. The van der Waals surface area contributed by atoms with Gasteiger partial charge in [0.05, 0.1) is 6.21 Å². The Labute approximate surface area is 140 Å². The van der Waals surface area contributed by atoms with Gasteiger partial charge in [0.2, 0.25) is 18.6 Å². The monoisotopic (exact) mass is 331 g/mol. The molecule has 1 fully saturated rings. The molecule has 1 aromatic rings. The summed E-state index contributed by atoms with van der Waals surface area (Å²) in [7, 11) is 0. The predicted octanol–water partition coefficient (Wildman–Crippen LogP) is 1.70. The van der Waals surface area contributed by atoms with Gasteiger partial charge >= 0.3 is 0 Å². The van der Waals surface area contributed by atoms with Gasteiger partial charge in [0.25, 0.3) is 0 Å². The zero-order chi connectivity index (χ0) is 16.8. The zero-order valence-corrected chi connectivity index (χ0v) is 13.4. The summed E-state index contributed by atoms with van der Waals surface area (Å²) in [4.78, 5) is 23.6. The number of fused-ring (bicyclic) bond motifs is 1. The third kappa shape index (κ3) is 4.47. The summed E-state index contributed by atoms with van der Waals surface area (Å²) < 4.78 is 10.5. The summed E-state index contributed by atoms with van der Waals surface area (Å²) in [6.07, 6.45) is 6.77. The fraction of sp³-hybridized carbons (Fsp3) is 0.471. The minimum Gasteiger partial charge on any atom is -0.454 e. The van der Waals surface area contributed by atoms with Gasteiger partial charge in [-0.3, -0.25) is 9.59 Å². The van der Waals surface area contributed by atoms with Crippen molar-refractivity contribution in [2.24, 2.45) is 5.10 Å². The Kier molecular flexibility index (Phi) is 5.30. The minimum absolute atomic E-state index is 0.205. The van der Waals surface area contributed by atoms with Crippen molar-refractivity contribution in [1.82, 2.24) is 10.7 Å². The first-order chi connectivity index (χ1) is 11.7. The van der Waals surface area contributed by atoms with Crippen LogP contribution < -0.4 is 20.2 Å². The van der Waals surface area contributed by atoms with Gasteiger partial charge in [-0.1, -0.05) is 19.3 Å². The van der Waals surface area contributed by atoms with E-state index in [1.54, 1.807) is 18.2 Å². The molecular formula is C17H21N3O4. The molecule has 1 aliphatic carbocycles. The topological polar surface area (TPSA) is 89.0 Å². The lowest BCUT2D eigenvalue weighted by Crippen LogP contribution is -2.38. The SMILES string of the molecule is O=C(CC(=O)NC1CCCCC1)N/N=C/c1ccc2c(c1)OCO2. The van der Waals surface area contributed by atoms with Gasteiger partial charge in [0, 0.05) is 6.04 Å². The van der Waals surface area contributed by atoms with Gasteiger partial charge in [0.15, 0.2) is 11.5 Å². The molecule has 0 unspecified atom stereocenters. The molecule has 1 aliphatic heterocycles. The molecule has 7 nitrogen and oxygen atoms in total. The quantitative estimate of drug-likeness (QED) is 0.488. The average molecular weight is 331 g/mol. The van der Waals surface area contributed by atoms with Gasteiger partial charge in [-0.2, -0.15) is 5.10 Å². The first kappa shape index (κ1) is 16.3. The molecule has 2 N–H and O–H groups in total. The van der Waals surface area contributed by atoms with Crippen molar-refractivity contribution in [3.8, 4) is 11.5 Å². The second-order valence-electron chi connectivity index (χ2n) is 5.99. The number of carbonyl (C=O) groups excluding carboxylic acids is 2. The van der Waals surface area contributed by atoms with Crippen LogP contribution in [0.5, 0.6) is 11.5 Å². The highest BCUT2D eigenvalue weighted by atomic mass is 16.7.